The highest BCUT2D eigenvalue weighted by atomic mass is 16.6. The zero-order valence-corrected chi connectivity index (χ0v) is 39.1. The van der Waals surface area contributed by atoms with Crippen molar-refractivity contribution in [2.45, 2.75) is 89.8 Å². The van der Waals surface area contributed by atoms with Crippen molar-refractivity contribution in [1.29, 1.82) is 0 Å². The maximum Gasteiger partial charge on any atom is 0.340 e. The van der Waals surface area contributed by atoms with Gasteiger partial charge in [0.1, 0.15) is 23.7 Å². The first-order valence-corrected chi connectivity index (χ1v) is 24.2. The lowest BCUT2D eigenvalue weighted by Crippen LogP contribution is -2.42. The van der Waals surface area contributed by atoms with Crippen molar-refractivity contribution in [3.8, 4) is 11.5 Å². The molecule has 1 spiro atoms. The Morgan fingerprint density at radius 1 is 0.725 bits per heavy atom. The number of carbonyl (C=O) groups excluding carboxylic acids is 5. The molecule has 0 atom stereocenters. The fourth-order valence-electron chi connectivity index (χ4n) is 10.2. The highest BCUT2D eigenvalue weighted by molar-refractivity contribution is 6.02. The number of rotatable bonds is 16. The van der Waals surface area contributed by atoms with E-state index >= 15 is 0 Å². The molecule has 7 N–H and O–H groups in total. The number of nitrogen functional groups attached to an aromatic ring is 2. The van der Waals surface area contributed by atoms with Gasteiger partial charge in [0, 0.05) is 93.9 Å². The number of hydrogen-bond acceptors (Lipinski definition) is 9. The van der Waals surface area contributed by atoms with Crippen LogP contribution in [0.3, 0.4) is 0 Å². The van der Waals surface area contributed by atoms with Gasteiger partial charge in [-0.1, -0.05) is 50.1 Å². The summed E-state index contributed by atoms with van der Waals surface area (Å²) >= 11 is 0. The van der Waals surface area contributed by atoms with E-state index in [0.717, 1.165) is 54.3 Å². The Kier molecular flexibility index (Phi) is 13.4. The second-order valence-electron chi connectivity index (χ2n) is 18.3. The normalized spacial score (nSPS) is 16.4. The van der Waals surface area contributed by atoms with E-state index in [1.165, 1.54) is 0 Å². The Morgan fingerprint density at radius 3 is 2.12 bits per heavy atom. The van der Waals surface area contributed by atoms with E-state index in [2.05, 4.69) is 28.9 Å². The van der Waals surface area contributed by atoms with Crippen molar-refractivity contribution in [2.24, 2.45) is 5.92 Å². The number of esters is 1. The van der Waals surface area contributed by atoms with Crippen LogP contribution in [0.1, 0.15) is 119 Å². The molecule has 1 fully saturated rings. The van der Waals surface area contributed by atoms with Gasteiger partial charge in [0.2, 0.25) is 11.8 Å². The maximum atomic E-state index is 13.9. The first-order chi connectivity index (χ1) is 33.5. The molecule has 14 heteroatoms. The summed E-state index contributed by atoms with van der Waals surface area (Å²) in [4.78, 5) is 69.4. The molecule has 0 unspecified atom stereocenters. The predicted octanol–water partition coefficient (Wildman–Crippen LogP) is 8.38. The van der Waals surface area contributed by atoms with Gasteiger partial charge < -0.3 is 46.4 Å². The number of hydrogen-bond donors (Lipinski definition) is 5. The fraction of sp³-hybridized carbons (Fsp3) is 0.327. The van der Waals surface area contributed by atoms with Crippen molar-refractivity contribution in [3.05, 3.63) is 148 Å². The van der Waals surface area contributed by atoms with Crippen LogP contribution in [0, 0.1) is 5.92 Å². The molecule has 4 amide bonds. The number of aromatic nitrogens is 1. The minimum Gasteiger partial charge on any atom is -0.456 e. The summed E-state index contributed by atoms with van der Waals surface area (Å²) in [6.07, 6.45) is 6.92. The highest BCUT2D eigenvalue weighted by Crippen LogP contribution is 2.56. The van der Waals surface area contributed by atoms with Gasteiger partial charge in [0.15, 0.2) is 5.60 Å². The minimum absolute atomic E-state index is 0.0275. The molecule has 3 heterocycles. The van der Waals surface area contributed by atoms with Crippen molar-refractivity contribution in [1.82, 2.24) is 20.5 Å². The molecule has 1 aromatic heterocycles. The SMILES string of the molecule is CCc1cccc(N(CC)C(=O)Cn2c(C(=O)NC3CCC(C(=O)NCCCCCCNC(=O)c4ccc5c(c4)C4(OC5=O)c5ccc(N)cc5Oc5cc(N)ccc54)CC3)cc3ccccc32)c1. The monoisotopic (exact) mass is 929 g/mol. The van der Waals surface area contributed by atoms with Crippen molar-refractivity contribution < 1.29 is 33.4 Å². The Labute approximate surface area is 401 Å². The third-order valence-corrected chi connectivity index (χ3v) is 13.8. The van der Waals surface area contributed by atoms with Gasteiger partial charge in [-0.15, -0.1) is 0 Å². The van der Waals surface area contributed by atoms with Crippen molar-refractivity contribution in [2.75, 3.05) is 36.0 Å². The number of aryl methyl sites for hydroxylation is 1. The van der Waals surface area contributed by atoms with Crippen LogP contribution in [0.25, 0.3) is 10.9 Å². The third kappa shape index (κ3) is 9.35. The molecule has 356 valence electrons. The van der Waals surface area contributed by atoms with Gasteiger partial charge in [-0.3, -0.25) is 19.2 Å². The average molecular weight is 930 g/mol. The number of amides is 4. The molecule has 2 aliphatic heterocycles. The number of nitrogens with two attached hydrogens (primary N) is 2. The Bertz CT molecular complexity index is 2900. The summed E-state index contributed by atoms with van der Waals surface area (Å²) in [5, 5.41) is 10.2. The standard InChI is InChI=1S/C55H59N7O7/c1-3-34-12-11-14-41(28-34)61(4-2)50(63)33-62-46-15-8-7-13-36(46)30-47(62)53(66)60-40-21-16-35(17-22-40)51(64)58-26-9-5-6-10-27-59-52(65)37-18-23-42-45(29-37)55(69-54(42)67)43-24-19-38(56)31-48(43)68-49-32-39(57)20-25-44(49)55/h7-8,11-15,18-20,23-25,28-32,35,40H,3-6,9-10,16-17,21-22,26-27,33,56-57H2,1-2H3,(H,58,64)(H,59,65)(H,60,66). The van der Waals surface area contributed by atoms with Crippen LogP contribution in [-0.4, -0.2) is 59.8 Å². The van der Waals surface area contributed by atoms with Crippen LogP contribution in [-0.2, 0) is 32.9 Å². The number of benzene rings is 5. The molecule has 1 saturated carbocycles. The number of carbonyl (C=O) groups is 5. The molecule has 0 bridgehead atoms. The quantitative estimate of drug-likeness (QED) is 0.0359. The fourth-order valence-corrected chi connectivity index (χ4v) is 10.2. The molecule has 3 aliphatic rings. The number of anilines is 3. The second-order valence-corrected chi connectivity index (χ2v) is 18.3. The Balaban J connectivity index is 0.716. The number of fused-ring (bicyclic) bond motifs is 7. The molecule has 9 rings (SSSR count). The molecule has 6 aromatic rings. The van der Waals surface area contributed by atoms with Crippen LogP contribution in [0.5, 0.6) is 11.5 Å². The number of ether oxygens (including phenoxy) is 2. The zero-order chi connectivity index (χ0) is 48.2. The molecule has 1 aliphatic carbocycles. The van der Waals surface area contributed by atoms with E-state index in [-0.39, 0.29) is 42.1 Å². The van der Waals surface area contributed by atoms with Crippen LogP contribution >= 0.6 is 0 Å². The topological polar surface area (TPSA) is 200 Å². The largest absolute Gasteiger partial charge is 0.456 e. The molecule has 14 nitrogen and oxygen atoms in total. The highest BCUT2D eigenvalue weighted by Gasteiger charge is 2.54. The van der Waals surface area contributed by atoms with Gasteiger partial charge >= 0.3 is 5.97 Å². The molecular weight excluding hydrogens is 871 g/mol. The van der Waals surface area contributed by atoms with E-state index in [9.17, 15) is 24.0 Å². The van der Waals surface area contributed by atoms with E-state index in [1.807, 2.05) is 60.0 Å². The van der Waals surface area contributed by atoms with Crippen LogP contribution in [0.15, 0.2) is 109 Å². The zero-order valence-electron chi connectivity index (χ0n) is 39.1. The van der Waals surface area contributed by atoms with E-state index in [1.54, 1.807) is 59.5 Å². The van der Waals surface area contributed by atoms with E-state index < -0.39 is 11.6 Å². The summed E-state index contributed by atoms with van der Waals surface area (Å²) in [6.45, 7) is 5.61. The molecule has 0 saturated heterocycles. The lowest BCUT2D eigenvalue weighted by molar-refractivity contribution is -0.126. The smallest absolute Gasteiger partial charge is 0.340 e. The Hall–Kier alpha value is -7.61. The van der Waals surface area contributed by atoms with Gasteiger partial charge in [0.25, 0.3) is 11.8 Å². The molecule has 0 radical (unpaired) electrons. The first kappa shape index (κ1) is 46.5. The maximum absolute atomic E-state index is 13.9. The lowest BCUT2D eigenvalue weighted by atomic mass is 9.77. The first-order valence-electron chi connectivity index (χ1n) is 24.2. The number of nitrogens with zero attached hydrogens (tertiary/aromatic N) is 2. The van der Waals surface area contributed by atoms with Crippen molar-refractivity contribution >= 4 is 57.6 Å². The lowest BCUT2D eigenvalue weighted by Gasteiger charge is -2.36. The summed E-state index contributed by atoms with van der Waals surface area (Å²) < 4.78 is 14.2. The molecular formula is C55H59N7O7. The van der Waals surface area contributed by atoms with Crippen LogP contribution in [0.2, 0.25) is 0 Å². The number of para-hydroxylation sites is 1. The van der Waals surface area contributed by atoms with E-state index in [0.29, 0.717) is 102 Å². The van der Waals surface area contributed by atoms with Crippen molar-refractivity contribution in [3.63, 3.8) is 0 Å². The predicted molar refractivity (Wildman–Crippen MR) is 266 cm³/mol. The summed E-state index contributed by atoms with van der Waals surface area (Å²) in [6, 6.07) is 32.9. The summed E-state index contributed by atoms with van der Waals surface area (Å²) in [5.41, 5.74) is 17.6. The second kappa shape index (κ2) is 19.9. The van der Waals surface area contributed by atoms with Gasteiger partial charge in [-0.05, 0) is 124 Å². The summed E-state index contributed by atoms with van der Waals surface area (Å²) in [7, 11) is 0. The van der Waals surface area contributed by atoms with E-state index in [4.69, 9.17) is 20.9 Å². The Morgan fingerprint density at radius 2 is 1.42 bits per heavy atom. The van der Waals surface area contributed by atoms with Crippen LogP contribution < -0.4 is 37.1 Å². The van der Waals surface area contributed by atoms with Gasteiger partial charge in [-0.25, -0.2) is 4.79 Å². The van der Waals surface area contributed by atoms with Crippen LogP contribution in [0.4, 0.5) is 17.1 Å². The number of likely N-dealkylation sites (N-methyl/N-ethyl adjacent to an activating group) is 1. The average Bonchev–Trinajstić information content (AvgIpc) is 3.86. The molecule has 5 aromatic carbocycles. The minimum atomic E-state index is -1.35. The number of unbranched alkanes of at least 4 members (excludes halogenated alkanes) is 3. The summed E-state index contributed by atoms with van der Waals surface area (Å²) in [5.74, 6) is -0.291. The van der Waals surface area contributed by atoms with Gasteiger partial charge in [-0.2, -0.15) is 0 Å². The van der Waals surface area contributed by atoms with Gasteiger partial charge in [0.05, 0.1) is 5.56 Å². The third-order valence-electron chi connectivity index (χ3n) is 13.8. The number of nitrogens with one attached hydrogen (secondary N) is 3. The molecule has 69 heavy (non-hydrogen) atoms.